The van der Waals surface area contributed by atoms with Gasteiger partial charge in [-0.1, -0.05) is 12.1 Å². The molecule has 1 aromatic rings. The van der Waals surface area contributed by atoms with E-state index in [4.69, 9.17) is 9.84 Å². The SMILES string of the molecule is CC(Oc1cccc(CO)c1)(C(=O)O)C1CC1. The van der Waals surface area contributed by atoms with E-state index in [9.17, 15) is 9.90 Å². The summed E-state index contributed by atoms with van der Waals surface area (Å²) in [5.41, 5.74) is -0.445. The van der Waals surface area contributed by atoms with Gasteiger partial charge in [0.25, 0.3) is 0 Å². The topological polar surface area (TPSA) is 66.8 Å². The lowest BCUT2D eigenvalue weighted by Gasteiger charge is -2.26. The van der Waals surface area contributed by atoms with Gasteiger partial charge in [-0.05, 0) is 37.5 Å². The minimum absolute atomic E-state index is 0.0790. The minimum Gasteiger partial charge on any atom is -0.478 e. The molecular formula is C13H16O4. The Morgan fingerprint density at radius 1 is 1.53 bits per heavy atom. The average Bonchev–Trinajstić information content (AvgIpc) is 3.13. The highest BCUT2D eigenvalue weighted by Crippen LogP contribution is 2.42. The molecule has 1 aliphatic rings. The second-order valence-corrected chi connectivity index (χ2v) is 4.59. The largest absolute Gasteiger partial charge is 0.478 e. The van der Waals surface area contributed by atoms with Crippen molar-refractivity contribution in [3.05, 3.63) is 29.8 Å². The van der Waals surface area contributed by atoms with Crippen LogP contribution < -0.4 is 4.74 Å². The Labute approximate surface area is 99.8 Å². The van der Waals surface area contributed by atoms with Crippen LogP contribution in [0, 0.1) is 5.92 Å². The van der Waals surface area contributed by atoms with Crippen molar-refractivity contribution in [1.29, 1.82) is 0 Å². The Bertz CT molecular complexity index is 425. The number of hydrogen-bond acceptors (Lipinski definition) is 3. The smallest absolute Gasteiger partial charge is 0.348 e. The van der Waals surface area contributed by atoms with Crippen molar-refractivity contribution in [2.45, 2.75) is 32.0 Å². The van der Waals surface area contributed by atoms with Gasteiger partial charge in [0.1, 0.15) is 5.75 Å². The molecule has 0 spiro atoms. The number of benzene rings is 1. The maximum Gasteiger partial charge on any atom is 0.348 e. The van der Waals surface area contributed by atoms with Crippen LogP contribution in [0.15, 0.2) is 24.3 Å². The molecule has 0 radical (unpaired) electrons. The summed E-state index contributed by atoms with van der Waals surface area (Å²) in [6.45, 7) is 1.53. The van der Waals surface area contributed by atoms with E-state index in [1.807, 2.05) is 0 Å². The molecule has 92 valence electrons. The van der Waals surface area contributed by atoms with Crippen LogP contribution in [0.2, 0.25) is 0 Å². The Hall–Kier alpha value is -1.55. The zero-order valence-electron chi connectivity index (χ0n) is 9.72. The van der Waals surface area contributed by atoms with Crippen molar-refractivity contribution in [2.24, 2.45) is 5.92 Å². The van der Waals surface area contributed by atoms with Gasteiger partial charge in [-0.15, -0.1) is 0 Å². The summed E-state index contributed by atoms with van der Waals surface area (Å²) in [5, 5.41) is 18.3. The summed E-state index contributed by atoms with van der Waals surface area (Å²) in [7, 11) is 0. The third-order valence-electron chi connectivity index (χ3n) is 3.19. The molecule has 0 saturated heterocycles. The normalized spacial score (nSPS) is 18.5. The molecule has 1 atom stereocenters. The van der Waals surface area contributed by atoms with E-state index in [-0.39, 0.29) is 12.5 Å². The van der Waals surface area contributed by atoms with E-state index in [0.717, 1.165) is 12.8 Å². The number of ether oxygens (including phenoxy) is 1. The maximum atomic E-state index is 11.3. The van der Waals surface area contributed by atoms with E-state index >= 15 is 0 Å². The molecule has 17 heavy (non-hydrogen) atoms. The summed E-state index contributed by atoms with van der Waals surface area (Å²) >= 11 is 0. The number of aliphatic hydroxyl groups excluding tert-OH is 1. The van der Waals surface area contributed by atoms with E-state index in [2.05, 4.69) is 0 Å². The first-order valence-electron chi connectivity index (χ1n) is 5.68. The molecule has 4 heteroatoms. The number of rotatable bonds is 5. The molecule has 2 rings (SSSR count). The molecule has 1 fully saturated rings. The molecule has 1 aliphatic carbocycles. The zero-order chi connectivity index (χ0) is 12.5. The van der Waals surface area contributed by atoms with Crippen LogP contribution in [0.25, 0.3) is 0 Å². The molecule has 0 aliphatic heterocycles. The second-order valence-electron chi connectivity index (χ2n) is 4.59. The Morgan fingerprint density at radius 3 is 2.76 bits per heavy atom. The van der Waals surface area contributed by atoms with E-state index in [1.54, 1.807) is 31.2 Å². The van der Waals surface area contributed by atoms with Gasteiger partial charge in [0.05, 0.1) is 6.61 Å². The highest BCUT2D eigenvalue weighted by Gasteiger charge is 2.49. The van der Waals surface area contributed by atoms with Crippen molar-refractivity contribution in [3.63, 3.8) is 0 Å². The lowest BCUT2D eigenvalue weighted by Crippen LogP contribution is -2.43. The monoisotopic (exact) mass is 236 g/mol. The molecule has 0 heterocycles. The molecule has 0 bridgehead atoms. The fourth-order valence-corrected chi connectivity index (χ4v) is 1.89. The van der Waals surface area contributed by atoms with Crippen molar-refractivity contribution in [2.75, 3.05) is 0 Å². The number of hydrogen-bond donors (Lipinski definition) is 2. The van der Waals surface area contributed by atoms with Gasteiger partial charge in [0.2, 0.25) is 5.60 Å². The third-order valence-corrected chi connectivity index (χ3v) is 3.19. The Morgan fingerprint density at radius 2 is 2.24 bits per heavy atom. The zero-order valence-corrected chi connectivity index (χ0v) is 9.72. The number of carbonyl (C=O) groups is 1. The van der Waals surface area contributed by atoms with E-state index in [0.29, 0.717) is 11.3 Å². The van der Waals surface area contributed by atoms with Gasteiger partial charge < -0.3 is 14.9 Å². The predicted octanol–water partition coefficient (Wildman–Crippen LogP) is 1.81. The van der Waals surface area contributed by atoms with Crippen molar-refractivity contribution >= 4 is 5.97 Å². The van der Waals surface area contributed by atoms with Gasteiger partial charge in [-0.3, -0.25) is 0 Å². The van der Waals surface area contributed by atoms with Crippen LogP contribution in [-0.2, 0) is 11.4 Å². The molecule has 4 nitrogen and oxygen atoms in total. The van der Waals surface area contributed by atoms with Crippen molar-refractivity contribution in [1.82, 2.24) is 0 Å². The number of aliphatic carboxylic acids is 1. The maximum absolute atomic E-state index is 11.3. The van der Waals surface area contributed by atoms with Crippen LogP contribution in [0.1, 0.15) is 25.3 Å². The number of carboxylic acid groups (broad SMARTS) is 1. The van der Waals surface area contributed by atoms with Crippen LogP contribution >= 0.6 is 0 Å². The number of aliphatic hydroxyl groups is 1. The number of carboxylic acids is 1. The summed E-state index contributed by atoms with van der Waals surface area (Å²) in [6, 6.07) is 6.89. The first kappa shape index (κ1) is 11.9. The predicted molar refractivity (Wildman–Crippen MR) is 61.8 cm³/mol. The van der Waals surface area contributed by atoms with Crippen molar-refractivity contribution in [3.8, 4) is 5.75 Å². The fourth-order valence-electron chi connectivity index (χ4n) is 1.89. The summed E-state index contributed by atoms with van der Waals surface area (Å²) in [5.74, 6) is -0.361. The molecule has 1 saturated carbocycles. The molecule has 0 amide bonds. The highest BCUT2D eigenvalue weighted by molar-refractivity contribution is 5.78. The molecule has 2 N–H and O–H groups in total. The Balaban J connectivity index is 2.20. The third kappa shape index (κ3) is 2.42. The van der Waals surface area contributed by atoms with Crippen LogP contribution in [0.5, 0.6) is 5.75 Å². The van der Waals surface area contributed by atoms with Gasteiger partial charge in [0.15, 0.2) is 0 Å². The van der Waals surface area contributed by atoms with Gasteiger partial charge >= 0.3 is 5.97 Å². The van der Waals surface area contributed by atoms with E-state index < -0.39 is 11.6 Å². The first-order valence-corrected chi connectivity index (χ1v) is 5.68. The quantitative estimate of drug-likeness (QED) is 0.818. The van der Waals surface area contributed by atoms with Gasteiger partial charge in [-0.25, -0.2) is 4.79 Å². The van der Waals surface area contributed by atoms with Gasteiger partial charge in [-0.2, -0.15) is 0 Å². The Kier molecular flexibility index (Phi) is 3.07. The lowest BCUT2D eigenvalue weighted by atomic mass is 10.0. The molecule has 1 aromatic carbocycles. The minimum atomic E-state index is -1.16. The van der Waals surface area contributed by atoms with Crippen molar-refractivity contribution < 1.29 is 19.7 Å². The average molecular weight is 236 g/mol. The van der Waals surface area contributed by atoms with Crippen LogP contribution in [0.3, 0.4) is 0 Å². The standard InChI is InChI=1S/C13H16O4/c1-13(12(15)16,10-5-6-10)17-11-4-2-3-9(7-11)8-14/h2-4,7,10,14H,5-6,8H2,1H3,(H,15,16). The lowest BCUT2D eigenvalue weighted by molar-refractivity contribution is -0.155. The second kappa shape index (κ2) is 4.37. The van der Waals surface area contributed by atoms with E-state index in [1.165, 1.54) is 0 Å². The van der Waals surface area contributed by atoms with Crippen LogP contribution in [0.4, 0.5) is 0 Å². The molecular weight excluding hydrogens is 220 g/mol. The molecule has 0 aromatic heterocycles. The fraction of sp³-hybridized carbons (Fsp3) is 0.462. The summed E-state index contributed by atoms with van der Waals surface area (Å²) < 4.78 is 5.62. The summed E-state index contributed by atoms with van der Waals surface area (Å²) in [4.78, 5) is 11.3. The first-order chi connectivity index (χ1) is 8.06. The highest BCUT2D eigenvalue weighted by atomic mass is 16.5. The van der Waals surface area contributed by atoms with Gasteiger partial charge in [0, 0.05) is 5.92 Å². The molecule has 1 unspecified atom stereocenters. The van der Waals surface area contributed by atoms with Crippen LogP contribution in [-0.4, -0.2) is 21.8 Å². The summed E-state index contributed by atoms with van der Waals surface area (Å²) in [6.07, 6.45) is 1.78.